The second-order valence-corrected chi connectivity index (χ2v) is 4.09. The highest BCUT2D eigenvalue weighted by molar-refractivity contribution is 9.10. The van der Waals surface area contributed by atoms with E-state index in [1.54, 1.807) is 0 Å². The number of hydrogen-bond acceptors (Lipinski definition) is 1. The Kier molecular flexibility index (Phi) is 2.64. The van der Waals surface area contributed by atoms with E-state index in [0.717, 1.165) is 21.4 Å². The quantitative estimate of drug-likeness (QED) is 0.747. The van der Waals surface area contributed by atoms with Gasteiger partial charge in [0.25, 0.3) is 0 Å². The Balaban J connectivity index is 2.44. The van der Waals surface area contributed by atoms with Gasteiger partial charge in [0.05, 0.1) is 5.69 Å². The van der Waals surface area contributed by atoms with Gasteiger partial charge in [-0.1, -0.05) is 34.1 Å². The summed E-state index contributed by atoms with van der Waals surface area (Å²) < 4.78 is 1.09. The standard InChI is InChI=1S/C12H10BrN/c1-9-3-2-4-12(14-9)10-5-7-11(13)8-6-10/h2-8H,1H3. The van der Waals surface area contributed by atoms with Crippen molar-refractivity contribution in [2.24, 2.45) is 0 Å². The first kappa shape index (κ1) is 9.41. The van der Waals surface area contributed by atoms with Crippen LogP contribution in [0.1, 0.15) is 5.69 Å². The second kappa shape index (κ2) is 3.93. The van der Waals surface area contributed by atoms with Crippen molar-refractivity contribution >= 4 is 15.9 Å². The van der Waals surface area contributed by atoms with Crippen molar-refractivity contribution in [1.82, 2.24) is 4.98 Å². The molecule has 0 unspecified atom stereocenters. The maximum atomic E-state index is 4.46. The molecule has 0 N–H and O–H groups in total. The molecule has 2 aromatic rings. The van der Waals surface area contributed by atoms with Crippen molar-refractivity contribution in [2.45, 2.75) is 6.92 Å². The summed E-state index contributed by atoms with van der Waals surface area (Å²) in [6, 6.07) is 14.2. The van der Waals surface area contributed by atoms with Crippen LogP contribution in [0.25, 0.3) is 11.3 Å². The van der Waals surface area contributed by atoms with Gasteiger partial charge in [0, 0.05) is 15.7 Å². The number of pyridine rings is 1. The Morgan fingerprint density at radius 2 is 1.71 bits per heavy atom. The number of benzene rings is 1. The minimum atomic E-state index is 1.03. The van der Waals surface area contributed by atoms with E-state index in [-0.39, 0.29) is 0 Å². The van der Waals surface area contributed by atoms with E-state index in [1.807, 2.05) is 37.3 Å². The van der Waals surface area contributed by atoms with E-state index in [2.05, 4.69) is 33.0 Å². The third-order valence-electron chi connectivity index (χ3n) is 2.03. The van der Waals surface area contributed by atoms with Crippen LogP contribution in [0.2, 0.25) is 0 Å². The van der Waals surface area contributed by atoms with Crippen LogP contribution in [0.5, 0.6) is 0 Å². The molecule has 0 saturated heterocycles. The Labute approximate surface area is 91.9 Å². The van der Waals surface area contributed by atoms with E-state index in [4.69, 9.17) is 0 Å². The fourth-order valence-electron chi connectivity index (χ4n) is 1.32. The summed E-state index contributed by atoms with van der Waals surface area (Å²) >= 11 is 3.41. The van der Waals surface area contributed by atoms with Crippen LogP contribution in [0, 0.1) is 6.92 Å². The number of rotatable bonds is 1. The average Bonchev–Trinajstić information content (AvgIpc) is 2.19. The van der Waals surface area contributed by atoms with Crippen LogP contribution in [0.15, 0.2) is 46.9 Å². The zero-order valence-corrected chi connectivity index (χ0v) is 9.45. The molecule has 0 radical (unpaired) electrons. The lowest BCUT2D eigenvalue weighted by Crippen LogP contribution is -1.85. The van der Waals surface area contributed by atoms with E-state index < -0.39 is 0 Å². The normalized spacial score (nSPS) is 10.1. The first-order chi connectivity index (χ1) is 6.75. The van der Waals surface area contributed by atoms with Crippen molar-refractivity contribution < 1.29 is 0 Å². The SMILES string of the molecule is Cc1cccc(-c2ccc(Br)cc2)n1. The van der Waals surface area contributed by atoms with Crippen molar-refractivity contribution in [3.63, 3.8) is 0 Å². The summed E-state index contributed by atoms with van der Waals surface area (Å²) in [5.41, 5.74) is 3.22. The summed E-state index contributed by atoms with van der Waals surface area (Å²) in [6.07, 6.45) is 0. The van der Waals surface area contributed by atoms with E-state index in [9.17, 15) is 0 Å². The van der Waals surface area contributed by atoms with Crippen LogP contribution >= 0.6 is 15.9 Å². The lowest BCUT2D eigenvalue weighted by Gasteiger charge is -2.01. The number of halogens is 1. The van der Waals surface area contributed by atoms with Crippen molar-refractivity contribution in [3.8, 4) is 11.3 Å². The molecule has 1 aromatic carbocycles. The summed E-state index contributed by atoms with van der Waals surface area (Å²) in [5.74, 6) is 0. The maximum absolute atomic E-state index is 4.46. The minimum Gasteiger partial charge on any atom is -0.253 e. The Hall–Kier alpha value is -1.15. The number of aryl methyl sites for hydroxylation is 1. The molecule has 0 atom stereocenters. The van der Waals surface area contributed by atoms with Gasteiger partial charge in [-0.3, -0.25) is 4.98 Å². The molecule has 0 aliphatic heterocycles. The third-order valence-corrected chi connectivity index (χ3v) is 2.56. The van der Waals surface area contributed by atoms with Crippen molar-refractivity contribution in [3.05, 3.63) is 52.6 Å². The zero-order valence-electron chi connectivity index (χ0n) is 7.87. The van der Waals surface area contributed by atoms with Crippen molar-refractivity contribution in [2.75, 3.05) is 0 Å². The molecular weight excluding hydrogens is 238 g/mol. The highest BCUT2D eigenvalue weighted by Crippen LogP contribution is 2.19. The molecule has 0 saturated carbocycles. The van der Waals surface area contributed by atoms with Crippen LogP contribution in [-0.4, -0.2) is 4.98 Å². The number of nitrogens with zero attached hydrogens (tertiary/aromatic N) is 1. The summed E-state index contributed by atoms with van der Waals surface area (Å²) in [7, 11) is 0. The van der Waals surface area contributed by atoms with Gasteiger partial charge in [-0.15, -0.1) is 0 Å². The first-order valence-electron chi connectivity index (χ1n) is 4.45. The van der Waals surface area contributed by atoms with Gasteiger partial charge in [-0.05, 0) is 31.2 Å². The topological polar surface area (TPSA) is 12.9 Å². The molecule has 0 fully saturated rings. The lowest BCUT2D eigenvalue weighted by molar-refractivity contribution is 1.20. The van der Waals surface area contributed by atoms with Gasteiger partial charge in [-0.25, -0.2) is 0 Å². The van der Waals surface area contributed by atoms with Crippen molar-refractivity contribution in [1.29, 1.82) is 0 Å². The predicted molar refractivity (Wildman–Crippen MR) is 62.1 cm³/mol. The molecule has 1 aromatic heterocycles. The molecular formula is C12H10BrN. The van der Waals surface area contributed by atoms with Gasteiger partial charge in [-0.2, -0.15) is 0 Å². The van der Waals surface area contributed by atoms with Crippen LogP contribution in [0.3, 0.4) is 0 Å². The summed E-state index contributed by atoms with van der Waals surface area (Å²) in [6.45, 7) is 2.00. The van der Waals surface area contributed by atoms with E-state index >= 15 is 0 Å². The molecule has 0 bridgehead atoms. The molecule has 2 rings (SSSR count). The third kappa shape index (κ3) is 2.02. The molecule has 70 valence electrons. The summed E-state index contributed by atoms with van der Waals surface area (Å²) in [5, 5.41) is 0. The fraction of sp³-hybridized carbons (Fsp3) is 0.0833. The molecule has 0 aliphatic rings. The van der Waals surface area contributed by atoms with Gasteiger partial charge < -0.3 is 0 Å². The summed E-state index contributed by atoms with van der Waals surface area (Å²) in [4.78, 5) is 4.46. The Morgan fingerprint density at radius 3 is 2.36 bits per heavy atom. The molecule has 0 spiro atoms. The molecule has 1 nitrogen and oxygen atoms in total. The van der Waals surface area contributed by atoms with Gasteiger partial charge in [0.15, 0.2) is 0 Å². The van der Waals surface area contributed by atoms with Gasteiger partial charge in [0.2, 0.25) is 0 Å². The molecule has 2 heteroatoms. The molecule has 1 heterocycles. The number of hydrogen-bond donors (Lipinski definition) is 0. The van der Waals surface area contributed by atoms with Crippen LogP contribution in [-0.2, 0) is 0 Å². The largest absolute Gasteiger partial charge is 0.253 e. The fourth-order valence-corrected chi connectivity index (χ4v) is 1.59. The van der Waals surface area contributed by atoms with Crippen LogP contribution < -0.4 is 0 Å². The van der Waals surface area contributed by atoms with Crippen LogP contribution in [0.4, 0.5) is 0 Å². The Morgan fingerprint density at radius 1 is 1.00 bits per heavy atom. The van der Waals surface area contributed by atoms with Gasteiger partial charge >= 0.3 is 0 Å². The Bertz CT molecular complexity index is 434. The van der Waals surface area contributed by atoms with E-state index in [1.165, 1.54) is 0 Å². The first-order valence-corrected chi connectivity index (χ1v) is 5.24. The zero-order chi connectivity index (χ0) is 9.97. The minimum absolute atomic E-state index is 1.03. The monoisotopic (exact) mass is 247 g/mol. The maximum Gasteiger partial charge on any atom is 0.0705 e. The smallest absolute Gasteiger partial charge is 0.0705 e. The number of aromatic nitrogens is 1. The highest BCUT2D eigenvalue weighted by Gasteiger charge is 1.98. The highest BCUT2D eigenvalue weighted by atomic mass is 79.9. The second-order valence-electron chi connectivity index (χ2n) is 3.17. The molecule has 0 amide bonds. The molecule has 14 heavy (non-hydrogen) atoms. The molecule has 0 aliphatic carbocycles. The van der Waals surface area contributed by atoms with E-state index in [0.29, 0.717) is 0 Å². The van der Waals surface area contributed by atoms with Gasteiger partial charge in [0.1, 0.15) is 0 Å². The lowest BCUT2D eigenvalue weighted by atomic mass is 10.1. The average molecular weight is 248 g/mol. The predicted octanol–water partition coefficient (Wildman–Crippen LogP) is 3.82.